The average molecular weight is 347 g/mol. The van der Waals surface area contributed by atoms with Gasteiger partial charge in [0.05, 0.1) is 9.93 Å². The number of thiazole rings is 1. The summed E-state index contributed by atoms with van der Waals surface area (Å²) >= 11 is 2.33. The third-order valence-electron chi connectivity index (χ3n) is 2.76. The molecule has 2 rings (SSSR count). The highest BCUT2D eigenvalue weighted by atomic mass is 32.2. The van der Waals surface area contributed by atoms with E-state index in [1.807, 2.05) is 6.92 Å². The maximum Gasteiger partial charge on any atom is 0.325 e. The number of aromatic nitrogens is 1. The lowest BCUT2D eigenvalue weighted by atomic mass is 10.4. The molecule has 2 aromatic rings. The van der Waals surface area contributed by atoms with Crippen LogP contribution in [0.25, 0.3) is 0 Å². The first-order valence-electron chi connectivity index (χ1n) is 5.91. The van der Waals surface area contributed by atoms with Gasteiger partial charge >= 0.3 is 5.00 Å². The standard InChI is InChI=1S/C11H13N3O4S3/c1-8-6-12-10(20-8)3-4-13(2)21(17,18)9-5-11(14(15)16)19-7-9/h5-7H,3-4H2,1-2H3. The van der Waals surface area contributed by atoms with Gasteiger partial charge in [-0.25, -0.2) is 17.7 Å². The molecular formula is C11H13N3O4S3. The van der Waals surface area contributed by atoms with E-state index in [9.17, 15) is 18.5 Å². The summed E-state index contributed by atoms with van der Waals surface area (Å²) in [4.78, 5) is 15.2. The van der Waals surface area contributed by atoms with Crippen molar-refractivity contribution in [3.63, 3.8) is 0 Å². The van der Waals surface area contributed by atoms with Crippen LogP contribution < -0.4 is 0 Å². The van der Waals surface area contributed by atoms with E-state index < -0.39 is 14.9 Å². The molecule has 0 radical (unpaired) electrons. The number of likely N-dealkylation sites (N-methyl/N-ethyl adjacent to an activating group) is 1. The second-order valence-electron chi connectivity index (χ2n) is 4.32. The van der Waals surface area contributed by atoms with E-state index in [1.165, 1.54) is 28.1 Å². The highest BCUT2D eigenvalue weighted by Gasteiger charge is 2.24. The molecule has 2 heterocycles. The van der Waals surface area contributed by atoms with Gasteiger partial charge in [0.15, 0.2) is 0 Å². The molecule has 0 aliphatic rings. The predicted octanol–water partition coefficient (Wildman–Crippen LogP) is 2.28. The number of sulfonamides is 1. The zero-order chi connectivity index (χ0) is 15.6. The first-order chi connectivity index (χ1) is 9.80. The summed E-state index contributed by atoms with van der Waals surface area (Å²) in [5, 5.41) is 12.6. The second-order valence-corrected chi connectivity index (χ2v) is 8.57. The fourth-order valence-electron chi connectivity index (χ4n) is 1.61. The number of nitrogens with zero attached hydrogens (tertiary/aromatic N) is 3. The smallest absolute Gasteiger partial charge is 0.258 e. The van der Waals surface area contributed by atoms with Crippen molar-refractivity contribution in [2.45, 2.75) is 18.2 Å². The molecule has 0 aliphatic heterocycles. The van der Waals surface area contributed by atoms with E-state index >= 15 is 0 Å². The van der Waals surface area contributed by atoms with Crippen molar-refractivity contribution in [2.24, 2.45) is 0 Å². The van der Waals surface area contributed by atoms with Gasteiger partial charge in [0.1, 0.15) is 4.90 Å². The Morgan fingerprint density at radius 2 is 2.19 bits per heavy atom. The van der Waals surface area contributed by atoms with Crippen molar-refractivity contribution in [2.75, 3.05) is 13.6 Å². The van der Waals surface area contributed by atoms with Crippen molar-refractivity contribution >= 4 is 37.7 Å². The average Bonchev–Trinajstić information content (AvgIpc) is 3.04. The Labute approximate surface area is 130 Å². The minimum atomic E-state index is -3.70. The molecule has 0 amide bonds. The molecule has 0 saturated heterocycles. The first kappa shape index (κ1) is 16.0. The van der Waals surface area contributed by atoms with Crippen molar-refractivity contribution in [3.8, 4) is 0 Å². The summed E-state index contributed by atoms with van der Waals surface area (Å²) in [6.07, 6.45) is 2.26. The van der Waals surface area contributed by atoms with E-state index in [1.54, 1.807) is 6.20 Å². The van der Waals surface area contributed by atoms with Crippen LogP contribution in [0.3, 0.4) is 0 Å². The van der Waals surface area contributed by atoms with Gasteiger partial charge in [-0.3, -0.25) is 10.1 Å². The van der Waals surface area contributed by atoms with Crippen molar-refractivity contribution < 1.29 is 13.3 Å². The summed E-state index contributed by atoms with van der Waals surface area (Å²) in [5.74, 6) is 0. The van der Waals surface area contributed by atoms with Gasteiger partial charge in [-0.2, -0.15) is 0 Å². The third kappa shape index (κ3) is 3.64. The van der Waals surface area contributed by atoms with Crippen LogP contribution in [-0.4, -0.2) is 36.2 Å². The molecule has 0 fully saturated rings. The molecule has 7 nitrogen and oxygen atoms in total. The second kappa shape index (κ2) is 6.18. The number of nitro groups is 1. The van der Waals surface area contributed by atoms with Gasteiger partial charge in [0.2, 0.25) is 10.0 Å². The Kier molecular flexibility index (Phi) is 4.71. The SMILES string of the molecule is Cc1cnc(CCN(C)S(=O)(=O)c2csc([N+](=O)[O-])c2)s1. The van der Waals surface area contributed by atoms with Crippen molar-refractivity contribution in [1.82, 2.24) is 9.29 Å². The number of rotatable bonds is 6. The molecule has 114 valence electrons. The van der Waals surface area contributed by atoms with E-state index in [0.717, 1.165) is 27.3 Å². The van der Waals surface area contributed by atoms with E-state index in [0.29, 0.717) is 6.42 Å². The van der Waals surface area contributed by atoms with Gasteiger partial charge in [-0.1, -0.05) is 11.3 Å². The van der Waals surface area contributed by atoms with Gasteiger partial charge in [-0.15, -0.1) is 11.3 Å². The number of thiophene rings is 1. The Balaban J connectivity index is 2.08. The number of hydrogen-bond acceptors (Lipinski definition) is 7. The lowest BCUT2D eigenvalue weighted by Gasteiger charge is -2.15. The zero-order valence-corrected chi connectivity index (χ0v) is 13.8. The van der Waals surface area contributed by atoms with Gasteiger partial charge in [-0.05, 0) is 6.92 Å². The molecule has 0 atom stereocenters. The normalized spacial score (nSPS) is 12.0. The van der Waals surface area contributed by atoms with Crippen LogP contribution in [0.15, 0.2) is 22.5 Å². The van der Waals surface area contributed by atoms with Gasteiger partial charge < -0.3 is 0 Å². The summed E-state index contributed by atoms with van der Waals surface area (Å²) in [6.45, 7) is 2.21. The molecular weight excluding hydrogens is 334 g/mol. The monoisotopic (exact) mass is 347 g/mol. The van der Waals surface area contributed by atoms with Crippen molar-refractivity contribution in [1.29, 1.82) is 0 Å². The van der Waals surface area contributed by atoms with Crippen LogP contribution in [0.2, 0.25) is 0 Å². The van der Waals surface area contributed by atoms with E-state index in [2.05, 4.69) is 4.98 Å². The van der Waals surface area contributed by atoms with Gasteiger partial charge in [0.25, 0.3) is 0 Å². The summed E-state index contributed by atoms with van der Waals surface area (Å²) < 4.78 is 25.8. The third-order valence-corrected chi connectivity index (χ3v) is 6.60. The van der Waals surface area contributed by atoms with E-state index in [-0.39, 0.29) is 16.4 Å². The molecule has 0 aliphatic carbocycles. The Bertz CT molecular complexity index is 750. The van der Waals surface area contributed by atoms with Gasteiger partial charge in [0, 0.05) is 42.5 Å². The zero-order valence-electron chi connectivity index (χ0n) is 11.3. The highest BCUT2D eigenvalue weighted by molar-refractivity contribution is 7.89. The quantitative estimate of drug-likeness (QED) is 0.590. The highest BCUT2D eigenvalue weighted by Crippen LogP contribution is 2.27. The molecule has 0 bridgehead atoms. The minimum Gasteiger partial charge on any atom is -0.258 e. The Hall–Kier alpha value is -1.36. The largest absolute Gasteiger partial charge is 0.325 e. The fourth-order valence-corrected chi connectivity index (χ4v) is 4.63. The Morgan fingerprint density at radius 1 is 1.48 bits per heavy atom. The van der Waals surface area contributed by atoms with Crippen LogP contribution in [-0.2, 0) is 16.4 Å². The minimum absolute atomic E-state index is 0.0444. The maximum atomic E-state index is 12.3. The fraction of sp³-hybridized carbons (Fsp3) is 0.364. The number of aryl methyl sites for hydroxylation is 1. The number of hydrogen-bond donors (Lipinski definition) is 0. The summed E-state index contributed by atoms with van der Waals surface area (Å²) in [5.41, 5.74) is 0. The van der Waals surface area contributed by atoms with Crippen LogP contribution >= 0.6 is 22.7 Å². The molecule has 0 unspecified atom stereocenters. The predicted molar refractivity (Wildman–Crippen MR) is 81.3 cm³/mol. The molecule has 0 saturated carbocycles. The lowest BCUT2D eigenvalue weighted by Crippen LogP contribution is -2.28. The molecule has 2 aromatic heterocycles. The summed E-state index contributed by atoms with van der Waals surface area (Å²) in [7, 11) is -2.24. The molecule has 0 spiro atoms. The van der Waals surface area contributed by atoms with Crippen molar-refractivity contribution in [3.05, 3.63) is 37.6 Å². The van der Waals surface area contributed by atoms with E-state index in [4.69, 9.17) is 0 Å². The van der Waals surface area contributed by atoms with Crippen LogP contribution in [0.5, 0.6) is 0 Å². The molecule has 10 heteroatoms. The maximum absolute atomic E-state index is 12.3. The summed E-state index contributed by atoms with van der Waals surface area (Å²) in [6, 6.07) is 1.09. The lowest BCUT2D eigenvalue weighted by molar-refractivity contribution is -0.380. The van der Waals surface area contributed by atoms with Crippen LogP contribution in [0.4, 0.5) is 5.00 Å². The topological polar surface area (TPSA) is 93.4 Å². The van der Waals surface area contributed by atoms with Crippen LogP contribution in [0, 0.1) is 17.0 Å². The molecule has 21 heavy (non-hydrogen) atoms. The Morgan fingerprint density at radius 3 is 2.71 bits per heavy atom. The van der Waals surface area contributed by atoms with Crippen LogP contribution in [0.1, 0.15) is 9.88 Å². The first-order valence-corrected chi connectivity index (χ1v) is 9.05. The molecule has 0 aromatic carbocycles. The molecule has 0 N–H and O–H groups in total.